The van der Waals surface area contributed by atoms with E-state index in [1.165, 1.54) is 0 Å². The number of rotatable bonds is 8. The van der Waals surface area contributed by atoms with Gasteiger partial charge >= 0.3 is 0 Å². The van der Waals surface area contributed by atoms with Crippen molar-refractivity contribution in [2.75, 3.05) is 0 Å². The van der Waals surface area contributed by atoms with Crippen LogP contribution in [0.2, 0.25) is 0 Å². The first-order valence-corrected chi connectivity index (χ1v) is 10.1. The van der Waals surface area contributed by atoms with Crippen molar-refractivity contribution in [3.05, 3.63) is 113 Å². The Bertz CT molecular complexity index is 997. The Morgan fingerprint density at radius 3 is 1.50 bits per heavy atom. The molecule has 0 amide bonds. The van der Waals surface area contributed by atoms with Crippen LogP contribution in [0.15, 0.2) is 73.8 Å². The van der Waals surface area contributed by atoms with Gasteiger partial charge in [-0.15, -0.1) is 13.2 Å². The van der Waals surface area contributed by atoms with Crippen LogP contribution < -0.4 is 0 Å². The summed E-state index contributed by atoms with van der Waals surface area (Å²) in [5.41, 5.74) is 6.48. The number of allylic oxidation sites excluding steroid dienone is 2. The number of phenolic OH excluding ortho intramolecular Hbond substituents is 3. The zero-order valence-corrected chi connectivity index (χ0v) is 17.4. The minimum atomic E-state index is 0.260. The van der Waals surface area contributed by atoms with E-state index in [9.17, 15) is 15.3 Å². The predicted molar refractivity (Wildman–Crippen MR) is 122 cm³/mol. The van der Waals surface area contributed by atoms with Crippen molar-refractivity contribution in [1.82, 2.24) is 0 Å². The first-order chi connectivity index (χ1) is 14.4. The molecule has 0 saturated carbocycles. The fourth-order valence-electron chi connectivity index (χ4n) is 3.78. The summed E-state index contributed by atoms with van der Waals surface area (Å²) < 4.78 is 0. The largest absolute Gasteiger partial charge is 0.508 e. The summed E-state index contributed by atoms with van der Waals surface area (Å²) in [7, 11) is 0. The monoisotopic (exact) mass is 400 g/mol. The number of aryl methyl sites for hydroxylation is 1. The summed E-state index contributed by atoms with van der Waals surface area (Å²) in [4.78, 5) is 0. The summed E-state index contributed by atoms with van der Waals surface area (Å²) in [6.45, 7) is 9.50. The summed E-state index contributed by atoms with van der Waals surface area (Å²) in [6.07, 6.45) is 5.86. The van der Waals surface area contributed by atoms with Gasteiger partial charge < -0.3 is 15.3 Å². The standard InChI is InChI=1S/C27H28O3/c1-4-6-21-14-19(8-10-25(21)28)16-23-12-18(3)13-24(27(23)30)17-20-9-11-26(29)22(15-20)7-5-2/h4-5,8-15,28-30H,1-2,6-7,16-17H2,3H3. The maximum absolute atomic E-state index is 11.0. The summed E-state index contributed by atoms with van der Waals surface area (Å²) in [5.74, 6) is 0.809. The van der Waals surface area contributed by atoms with Crippen LogP contribution in [0.1, 0.15) is 38.9 Å². The van der Waals surface area contributed by atoms with Gasteiger partial charge in [0.05, 0.1) is 0 Å². The van der Waals surface area contributed by atoms with Crippen LogP contribution in [0.3, 0.4) is 0 Å². The molecule has 0 fully saturated rings. The van der Waals surface area contributed by atoms with Crippen molar-refractivity contribution in [3.8, 4) is 17.2 Å². The third-order valence-corrected chi connectivity index (χ3v) is 5.22. The van der Waals surface area contributed by atoms with Crippen LogP contribution in [0.5, 0.6) is 17.2 Å². The van der Waals surface area contributed by atoms with Crippen LogP contribution in [0.25, 0.3) is 0 Å². The van der Waals surface area contributed by atoms with Gasteiger partial charge in [0.1, 0.15) is 17.2 Å². The molecule has 154 valence electrons. The van der Waals surface area contributed by atoms with Crippen molar-refractivity contribution >= 4 is 0 Å². The topological polar surface area (TPSA) is 60.7 Å². The Hall–Kier alpha value is -3.46. The number of phenols is 3. The Kier molecular flexibility index (Phi) is 6.63. The van der Waals surface area contributed by atoms with Gasteiger partial charge in [-0.05, 0) is 65.3 Å². The number of hydrogen-bond acceptors (Lipinski definition) is 3. The average molecular weight is 401 g/mol. The molecular formula is C27H28O3. The zero-order chi connectivity index (χ0) is 21.7. The minimum absolute atomic E-state index is 0.260. The molecule has 3 heteroatoms. The van der Waals surface area contributed by atoms with Crippen molar-refractivity contribution in [1.29, 1.82) is 0 Å². The number of aromatic hydroxyl groups is 3. The molecule has 3 N–H and O–H groups in total. The van der Waals surface area contributed by atoms with E-state index < -0.39 is 0 Å². The molecule has 0 aliphatic rings. The second kappa shape index (κ2) is 9.36. The van der Waals surface area contributed by atoms with E-state index in [0.29, 0.717) is 25.7 Å². The lowest BCUT2D eigenvalue weighted by Crippen LogP contribution is -1.98. The summed E-state index contributed by atoms with van der Waals surface area (Å²) in [5, 5.41) is 31.0. The third-order valence-electron chi connectivity index (χ3n) is 5.22. The van der Waals surface area contributed by atoms with E-state index in [1.807, 2.05) is 43.3 Å². The molecule has 3 aromatic rings. The maximum Gasteiger partial charge on any atom is 0.122 e. The highest BCUT2D eigenvalue weighted by atomic mass is 16.3. The van der Waals surface area contributed by atoms with Crippen molar-refractivity contribution in [2.45, 2.75) is 32.6 Å². The van der Waals surface area contributed by atoms with E-state index >= 15 is 0 Å². The van der Waals surface area contributed by atoms with E-state index in [1.54, 1.807) is 24.3 Å². The molecule has 0 saturated heterocycles. The molecule has 0 radical (unpaired) electrons. The first kappa shape index (κ1) is 21.3. The summed E-state index contributed by atoms with van der Waals surface area (Å²) in [6, 6.07) is 15.1. The Labute approximate surface area is 178 Å². The van der Waals surface area contributed by atoms with Gasteiger partial charge in [0.15, 0.2) is 0 Å². The molecule has 30 heavy (non-hydrogen) atoms. The lowest BCUT2D eigenvalue weighted by Gasteiger charge is -2.14. The van der Waals surface area contributed by atoms with Crippen LogP contribution >= 0.6 is 0 Å². The normalized spacial score (nSPS) is 10.7. The van der Waals surface area contributed by atoms with Crippen LogP contribution in [-0.2, 0) is 25.7 Å². The molecule has 3 nitrogen and oxygen atoms in total. The molecule has 0 aromatic heterocycles. The van der Waals surface area contributed by atoms with Crippen LogP contribution in [-0.4, -0.2) is 15.3 Å². The van der Waals surface area contributed by atoms with Gasteiger partial charge in [0, 0.05) is 12.8 Å². The van der Waals surface area contributed by atoms with E-state index in [2.05, 4.69) is 13.2 Å². The van der Waals surface area contributed by atoms with Gasteiger partial charge in [-0.3, -0.25) is 0 Å². The van der Waals surface area contributed by atoms with Crippen molar-refractivity contribution in [2.24, 2.45) is 0 Å². The Morgan fingerprint density at radius 1 is 0.667 bits per heavy atom. The Balaban J connectivity index is 1.91. The van der Waals surface area contributed by atoms with Gasteiger partial charge in [-0.1, -0.05) is 54.1 Å². The van der Waals surface area contributed by atoms with E-state index in [-0.39, 0.29) is 17.2 Å². The van der Waals surface area contributed by atoms with Gasteiger partial charge in [0.2, 0.25) is 0 Å². The second-order valence-electron chi connectivity index (χ2n) is 7.70. The maximum atomic E-state index is 11.0. The highest BCUT2D eigenvalue weighted by molar-refractivity contribution is 5.49. The van der Waals surface area contributed by atoms with Gasteiger partial charge in [-0.2, -0.15) is 0 Å². The van der Waals surface area contributed by atoms with Crippen LogP contribution in [0.4, 0.5) is 0 Å². The van der Waals surface area contributed by atoms with E-state index in [4.69, 9.17) is 0 Å². The third kappa shape index (κ3) is 4.93. The highest BCUT2D eigenvalue weighted by Crippen LogP contribution is 2.31. The minimum Gasteiger partial charge on any atom is -0.508 e. The molecule has 0 aliphatic carbocycles. The second-order valence-corrected chi connectivity index (χ2v) is 7.70. The highest BCUT2D eigenvalue weighted by Gasteiger charge is 2.12. The molecule has 0 atom stereocenters. The zero-order valence-electron chi connectivity index (χ0n) is 17.4. The van der Waals surface area contributed by atoms with Gasteiger partial charge in [-0.25, -0.2) is 0 Å². The lowest BCUT2D eigenvalue weighted by atomic mass is 9.94. The van der Waals surface area contributed by atoms with Crippen molar-refractivity contribution < 1.29 is 15.3 Å². The molecule has 3 aromatic carbocycles. The first-order valence-electron chi connectivity index (χ1n) is 10.1. The molecule has 0 spiro atoms. The van der Waals surface area contributed by atoms with E-state index in [0.717, 1.165) is 38.9 Å². The quantitative estimate of drug-likeness (QED) is 0.422. The Morgan fingerprint density at radius 2 is 1.10 bits per heavy atom. The number of benzene rings is 3. The fraction of sp³-hybridized carbons (Fsp3) is 0.185. The molecule has 0 heterocycles. The average Bonchev–Trinajstić information content (AvgIpc) is 2.71. The smallest absolute Gasteiger partial charge is 0.122 e. The van der Waals surface area contributed by atoms with Gasteiger partial charge in [0.25, 0.3) is 0 Å². The predicted octanol–water partition coefficient (Wildman–Crippen LogP) is 5.75. The molecule has 0 aliphatic heterocycles. The van der Waals surface area contributed by atoms with Crippen molar-refractivity contribution in [3.63, 3.8) is 0 Å². The van der Waals surface area contributed by atoms with Crippen LogP contribution in [0, 0.1) is 6.92 Å². The molecular weight excluding hydrogens is 372 g/mol. The fourth-order valence-corrected chi connectivity index (χ4v) is 3.78. The number of hydrogen-bond donors (Lipinski definition) is 3. The SMILES string of the molecule is C=CCc1cc(Cc2cc(C)cc(Cc3ccc(O)c(CC=C)c3)c2O)ccc1O. The molecule has 0 unspecified atom stereocenters. The molecule has 0 bridgehead atoms. The lowest BCUT2D eigenvalue weighted by molar-refractivity contribution is 0.463. The molecule has 3 rings (SSSR count). The summed E-state index contributed by atoms with van der Waals surface area (Å²) >= 11 is 0.